The molecular weight excluding hydrogens is 172 g/mol. The summed E-state index contributed by atoms with van der Waals surface area (Å²) in [4.78, 5) is 0. The van der Waals surface area contributed by atoms with E-state index in [1.54, 1.807) is 0 Å². The van der Waals surface area contributed by atoms with E-state index in [0.717, 1.165) is 25.9 Å². The van der Waals surface area contributed by atoms with E-state index in [2.05, 4.69) is 36.5 Å². The fourth-order valence-corrected chi connectivity index (χ4v) is 1.46. The lowest BCUT2D eigenvalue weighted by Crippen LogP contribution is -2.36. The Labute approximate surface area is 86.5 Å². The first-order chi connectivity index (χ1) is 6.86. The third kappa shape index (κ3) is 3.90. The third-order valence-corrected chi connectivity index (χ3v) is 2.47. The summed E-state index contributed by atoms with van der Waals surface area (Å²) in [6, 6.07) is 11.0. The lowest BCUT2D eigenvalue weighted by Gasteiger charge is -2.14. The molecule has 0 amide bonds. The maximum absolute atomic E-state index is 5.60. The topological polar surface area (TPSA) is 38.0 Å². The Bertz CT molecular complexity index is 229. The van der Waals surface area contributed by atoms with E-state index in [1.165, 1.54) is 5.56 Å². The number of nitrogens with one attached hydrogen (secondary N) is 1. The Kier molecular flexibility index (Phi) is 5.27. The van der Waals surface area contributed by atoms with Crippen molar-refractivity contribution < 1.29 is 0 Å². The van der Waals surface area contributed by atoms with Crippen LogP contribution in [0.5, 0.6) is 0 Å². The number of nitrogens with two attached hydrogens (primary N) is 1. The summed E-state index contributed by atoms with van der Waals surface area (Å²) < 4.78 is 0. The van der Waals surface area contributed by atoms with Crippen molar-refractivity contribution in [2.75, 3.05) is 13.1 Å². The Morgan fingerprint density at radius 2 is 2.00 bits per heavy atom. The lowest BCUT2D eigenvalue weighted by molar-refractivity contribution is 0.509. The number of rotatable bonds is 6. The normalized spacial score (nSPS) is 12.7. The predicted molar refractivity (Wildman–Crippen MR) is 61.3 cm³/mol. The summed E-state index contributed by atoms with van der Waals surface area (Å²) >= 11 is 0. The highest BCUT2D eigenvalue weighted by molar-refractivity contribution is 5.14. The molecule has 0 heterocycles. The Morgan fingerprint density at radius 3 is 2.57 bits per heavy atom. The highest BCUT2D eigenvalue weighted by atomic mass is 14.9. The van der Waals surface area contributed by atoms with E-state index in [1.807, 2.05) is 6.07 Å². The van der Waals surface area contributed by atoms with Gasteiger partial charge < -0.3 is 11.1 Å². The summed E-state index contributed by atoms with van der Waals surface area (Å²) in [7, 11) is 0. The van der Waals surface area contributed by atoms with E-state index in [0.29, 0.717) is 6.04 Å². The van der Waals surface area contributed by atoms with Gasteiger partial charge in [-0.1, -0.05) is 37.3 Å². The van der Waals surface area contributed by atoms with Crippen molar-refractivity contribution >= 4 is 0 Å². The molecule has 1 rings (SSSR count). The van der Waals surface area contributed by atoms with Crippen LogP contribution in [0, 0.1) is 0 Å². The minimum Gasteiger partial charge on any atom is -0.329 e. The monoisotopic (exact) mass is 192 g/mol. The molecule has 0 aliphatic heterocycles. The summed E-state index contributed by atoms with van der Waals surface area (Å²) in [6.45, 7) is 3.90. The van der Waals surface area contributed by atoms with Crippen LogP contribution in [0.15, 0.2) is 30.3 Å². The van der Waals surface area contributed by atoms with Gasteiger partial charge in [-0.2, -0.15) is 0 Å². The molecule has 0 fully saturated rings. The maximum Gasteiger partial charge on any atom is 0.0187 e. The molecule has 1 unspecified atom stereocenters. The van der Waals surface area contributed by atoms with Crippen LogP contribution in [0.4, 0.5) is 0 Å². The molecule has 0 bridgehead atoms. The minimum absolute atomic E-state index is 0.471. The van der Waals surface area contributed by atoms with Gasteiger partial charge in [-0.25, -0.2) is 0 Å². The molecule has 14 heavy (non-hydrogen) atoms. The quantitative estimate of drug-likeness (QED) is 0.718. The highest BCUT2D eigenvalue weighted by Gasteiger charge is 2.00. The van der Waals surface area contributed by atoms with E-state index >= 15 is 0 Å². The summed E-state index contributed by atoms with van der Waals surface area (Å²) in [5, 5.41) is 3.44. The van der Waals surface area contributed by atoms with Crippen LogP contribution >= 0.6 is 0 Å². The first kappa shape index (κ1) is 11.2. The standard InChI is InChI=1S/C12H20N2/c1-2-12(10-13)14-9-8-11-6-4-3-5-7-11/h3-7,12,14H,2,8-10,13H2,1H3. The fourth-order valence-electron chi connectivity index (χ4n) is 1.46. The molecule has 3 N–H and O–H groups in total. The summed E-state index contributed by atoms with van der Waals surface area (Å²) in [5.41, 5.74) is 6.98. The van der Waals surface area contributed by atoms with Crippen LogP contribution < -0.4 is 11.1 Å². The summed E-state index contributed by atoms with van der Waals surface area (Å²) in [6.07, 6.45) is 2.18. The van der Waals surface area contributed by atoms with Crippen LogP contribution in [0.3, 0.4) is 0 Å². The molecule has 1 aromatic carbocycles. The summed E-state index contributed by atoms with van der Waals surface area (Å²) in [5.74, 6) is 0. The van der Waals surface area contributed by atoms with E-state index in [9.17, 15) is 0 Å². The first-order valence-corrected chi connectivity index (χ1v) is 5.34. The second kappa shape index (κ2) is 6.57. The minimum atomic E-state index is 0.471. The van der Waals surface area contributed by atoms with Crippen molar-refractivity contribution in [3.05, 3.63) is 35.9 Å². The van der Waals surface area contributed by atoms with Crippen LogP contribution in [0.25, 0.3) is 0 Å². The van der Waals surface area contributed by atoms with Crippen LogP contribution in [-0.2, 0) is 6.42 Å². The van der Waals surface area contributed by atoms with Gasteiger partial charge in [-0.15, -0.1) is 0 Å². The van der Waals surface area contributed by atoms with Gasteiger partial charge in [0, 0.05) is 12.6 Å². The molecule has 78 valence electrons. The van der Waals surface area contributed by atoms with Crippen molar-refractivity contribution in [2.24, 2.45) is 5.73 Å². The first-order valence-electron chi connectivity index (χ1n) is 5.34. The van der Waals surface area contributed by atoms with Crippen molar-refractivity contribution in [1.82, 2.24) is 5.32 Å². The molecule has 0 spiro atoms. The second-order valence-electron chi connectivity index (χ2n) is 3.53. The van der Waals surface area contributed by atoms with Gasteiger partial charge in [0.1, 0.15) is 0 Å². The van der Waals surface area contributed by atoms with Gasteiger partial charge in [-0.3, -0.25) is 0 Å². The van der Waals surface area contributed by atoms with Gasteiger partial charge in [-0.05, 0) is 24.9 Å². The molecule has 0 aliphatic carbocycles. The molecule has 0 aliphatic rings. The Hall–Kier alpha value is -0.860. The zero-order chi connectivity index (χ0) is 10.2. The largest absolute Gasteiger partial charge is 0.329 e. The van der Waals surface area contributed by atoms with Gasteiger partial charge >= 0.3 is 0 Å². The smallest absolute Gasteiger partial charge is 0.0187 e. The van der Waals surface area contributed by atoms with Crippen molar-refractivity contribution in [1.29, 1.82) is 0 Å². The highest BCUT2D eigenvalue weighted by Crippen LogP contribution is 1.98. The molecule has 2 heteroatoms. The van der Waals surface area contributed by atoms with Gasteiger partial charge in [0.25, 0.3) is 0 Å². The van der Waals surface area contributed by atoms with Gasteiger partial charge in [0.05, 0.1) is 0 Å². The molecule has 0 saturated carbocycles. The molecule has 1 aromatic rings. The van der Waals surface area contributed by atoms with Crippen molar-refractivity contribution in [2.45, 2.75) is 25.8 Å². The average molecular weight is 192 g/mol. The molecule has 0 aromatic heterocycles. The van der Waals surface area contributed by atoms with Crippen LogP contribution in [-0.4, -0.2) is 19.1 Å². The average Bonchev–Trinajstić information content (AvgIpc) is 2.26. The third-order valence-electron chi connectivity index (χ3n) is 2.47. The second-order valence-corrected chi connectivity index (χ2v) is 3.53. The van der Waals surface area contributed by atoms with Crippen molar-refractivity contribution in [3.8, 4) is 0 Å². The number of hydrogen-bond acceptors (Lipinski definition) is 2. The van der Waals surface area contributed by atoms with Crippen molar-refractivity contribution in [3.63, 3.8) is 0 Å². The predicted octanol–water partition coefficient (Wildman–Crippen LogP) is 1.56. The van der Waals surface area contributed by atoms with E-state index < -0.39 is 0 Å². The maximum atomic E-state index is 5.60. The van der Waals surface area contributed by atoms with E-state index in [-0.39, 0.29) is 0 Å². The lowest BCUT2D eigenvalue weighted by atomic mass is 10.1. The zero-order valence-electron chi connectivity index (χ0n) is 8.87. The number of benzene rings is 1. The zero-order valence-corrected chi connectivity index (χ0v) is 8.87. The van der Waals surface area contributed by atoms with Crippen LogP contribution in [0.2, 0.25) is 0 Å². The van der Waals surface area contributed by atoms with Crippen LogP contribution in [0.1, 0.15) is 18.9 Å². The Morgan fingerprint density at radius 1 is 1.29 bits per heavy atom. The molecule has 0 radical (unpaired) electrons. The molecule has 0 saturated heterocycles. The molecule has 1 atom stereocenters. The fraction of sp³-hybridized carbons (Fsp3) is 0.500. The van der Waals surface area contributed by atoms with Gasteiger partial charge in [0.2, 0.25) is 0 Å². The molecule has 2 nitrogen and oxygen atoms in total. The molecular formula is C12H20N2. The van der Waals surface area contributed by atoms with Gasteiger partial charge in [0.15, 0.2) is 0 Å². The van der Waals surface area contributed by atoms with E-state index in [4.69, 9.17) is 5.73 Å². The SMILES string of the molecule is CCC(CN)NCCc1ccccc1. The Balaban J connectivity index is 2.21. The number of hydrogen-bond donors (Lipinski definition) is 2.